The third-order valence-electron chi connectivity index (χ3n) is 5.22. The van der Waals surface area contributed by atoms with Crippen LogP contribution in [0.4, 0.5) is 0 Å². The molecule has 0 saturated heterocycles. The molecular formula is C24H21ClN2O3. The molecule has 5 nitrogen and oxygen atoms in total. The van der Waals surface area contributed by atoms with Gasteiger partial charge in [0.1, 0.15) is 0 Å². The number of para-hydroxylation sites is 1. The lowest BCUT2D eigenvalue weighted by molar-refractivity contribution is -0.123. The fourth-order valence-corrected chi connectivity index (χ4v) is 3.95. The number of rotatable bonds is 4. The van der Waals surface area contributed by atoms with Gasteiger partial charge in [0.25, 0.3) is 5.91 Å². The maximum atomic E-state index is 13.0. The molecule has 0 bridgehead atoms. The van der Waals surface area contributed by atoms with Crippen LogP contribution in [0.15, 0.2) is 48.5 Å². The van der Waals surface area contributed by atoms with Crippen LogP contribution in [0.5, 0.6) is 0 Å². The van der Waals surface area contributed by atoms with E-state index in [0.717, 1.165) is 52.6 Å². The molecule has 1 aliphatic carbocycles. The van der Waals surface area contributed by atoms with Gasteiger partial charge in [-0.1, -0.05) is 48.0 Å². The number of carbonyl (C=O) groups excluding carboxylic acids is 2. The molecule has 1 aromatic heterocycles. The summed E-state index contributed by atoms with van der Waals surface area (Å²) in [5, 5.41) is 3.86. The first kappa shape index (κ1) is 20.1. The summed E-state index contributed by atoms with van der Waals surface area (Å²) in [7, 11) is 1.51. The van der Waals surface area contributed by atoms with Gasteiger partial charge in [0.15, 0.2) is 6.61 Å². The standard InChI is InChI=1S/C24H21ClN2O3/c1-26-21(28)14-30-24(29)22-17-9-3-5-12-20(17)27-23-16(8-6-10-18(22)23)13-15-7-2-4-11-19(15)25/h2-5,7,9,11-13H,6,8,10,14H2,1H3,(H,26,28). The average Bonchev–Trinajstić information content (AvgIpc) is 2.77. The normalized spacial score (nSPS) is 14.4. The second kappa shape index (κ2) is 8.67. The Kier molecular flexibility index (Phi) is 5.81. The van der Waals surface area contributed by atoms with Crippen LogP contribution in [0.2, 0.25) is 5.02 Å². The monoisotopic (exact) mass is 420 g/mol. The maximum Gasteiger partial charge on any atom is 0.339 e. The Morgan fingerprint density at radius 2 is 1.90 bits per heavy atom. The van der Waals surface area contributed by atoms with E-state index in [0.29, 0.717) is 10.6 Å². The topological polar surface area (TPSA) is 68.3 Å². The van der Waals surface area contributed by atoms with Crippen LogP contribution in [0.3, 0.4) is 0 Å². The van der Waals surface area contributed by atoms with Gasteiger partial charge in [0, 0.05) is 17.5 Å². The lowest BCUT2D eigenvalue weighted by Gasteiger charge is -2.22. The van der Waals surface area contributed by atoms with E-state index in [-0.39, 0.29) is 12.5 Å². The van der Waals surface area contributed by atoms with Crippen molar-refractivity contribution in [1.82, 2.24) is 10.3 Å². The van der Waals surface area contributed by atoms with Gasteiger partial charge in [-0.25, -0.2) is 9.78 Å². The Morgan fingerprint density at radius 3 is 2.70 bits per heavy atom. The number of amides is 1. The quantitative estimate of drug-likeness (QED) is 0.623. The molecule has 0 unspecified atom stereocenters. The molecule has 1 heterocycles. The minimum Gasteiger partial charge on any atom is -0.452 e. The zero-order chi connectivity index (χ0) is 21.1. The molecule has 0 radical (unpaired) electrons. The summed E-state index contributed by atoms with van der Waals surface area (Å²) >= 11 is 6.35. The summed E-state index contributed by atoms with van der Waals surface area (Å²) in [5.41, 5.74) is 4.82. The van der Waals surface area contributed by atoms with E-state index in [2.05, 4.69) is 5.32 Å². The van der Waals surface area contributed by atoms with Gasteiger partial charge in [-0.05, 0) is 54.2 Å². The molecule has 0 aliphatic heterocycles. The number of pyridine rings is 1. The molecule has 6 heteroatoms. The van der Waals surface area contributed by atoms with E-state index in [1.165, 1.54) is 7.05 Å². The van der Waals surface area contributed by atoms with E-state index in [4.69, 9.17) is 21.3 Å². The van der Waals surface area contributed by atoms with Crippen molar-refractivity contribution in [3.63, 3.8) is 0 Å². The van der Waals surface area contributed by atoms with Gasteiger partial charge < -0.3 is 10.1 Å². The highest BCUT2D eigenvalue weighted by Crippen LogP contribution is 2.37. The summed E-state index contributed by atoms with van der Waals surface area (Å²) in [4.78, 5) is 29.4. The van der Waals surface area contributed by atoms with E-state index >= 15 is 0 Å². The fraction of sp³-hybridized carbons (Fsp3) is 0.208. The summed E-state index contributed by atoms with van der Waals surface area (Å²) in [6, 6.07) is 15.2. The van der Waals surface area contributed by atoms with E-state index in [9.17, 15) is 9.59 Å². The van der Waals surface area contributed by atoms with Crippen LogP contribution in [0, 0.1) is 0 Å². The van der Waals surface area contributed by atoms with Crippen molar-refractivity contribution in [1.29, 1.82) is 0 Å². The Morgan fingerprint density at radius 1 is 1.13 bits per heavy atom. The van der Waals surface area contributed by atoms with Crippen molar-refractivity contribution in [2.75, 3.05) is 13.7 Å². The SMILES string of the molecule is CNC(=O)COC(=O)c1c2c(nc3ccccc13)C(=Cc1ccccc1Cl)CCC2. The molecule has 0 spiro atoms. The number of hydrogen-bond acceptors (Lipinski definition) is 4. The number of carbonyl (C=O) groups is 2. The number of halogens is 1. The molecule has 0 saturated carbocycles. The number of hydrogen-bond donors (Lipinski definition) is 1. The molecule has 152 valence electrons. The molecule has 2 aromatic carbocycles. The van der Waals surface area contributed by atoms with Gasteiger partial charge in [0.2, 0.25) is 0 Å². The van der Waals surface area contributed by atoms with Crippen LogP contribution in [0.1, 0.15) is 40.0 Å². The second-order valence-electron chi connectivity index (χ2n) is 7.13. The lowest BCUT2D eigenvalue weighted by Crippen LogP contribution is -2.26. The summed E-state index contributed by atoms with van der Waals surface area (Å²) in [6.07, 6.45) is 4.49. The third-order valence-corrected chi connectivity index (χ3v) is 5.57. The van der Waals surface area contributed by atoms with Crippen molar-refractivity contribution in [3.8, 4) is 0 Å². The van der Waals surface area contributed by atoms with Crippen LogP contribution < -0.4 is 5.32 Å². The van der Waals surface area contributed by atoms with Crippen molar-refractivity contribution in [2.45, 2.75) is 19.3 Å². The van der Waals surface area contributed by atoms with E-state index in [1.807, 2.05) is 54.6 Å². The summed E-state index contributed by atoms with van der Waals surface area (Å²) < 4.78 is 5.31. The Hall–Kier alpha value is -3.18. The Balaban J connectivity index is 1.86. The Bertz CT molecular complexity index is 1170. The lowest BCUT2D eigenvalue weighted by atomic mass is 9.86. The number of nitrogens with one attached hydrogen (secondary N) is 1. The third kappa shape index (κ3) is 3.94. The molecule has 1 N–H and O–H groups in total. The molecule has 30 heavy (non-hydrogen) atoms. The largest absolute Gasteiger partial charge is 0.452 e. The van der Waals surface area contributed by atoms with Crippen molar-refractivity contribution >= 4 is 46.0 Å². The van der Waals surface area contributed by atoms with E-state index in [1.54, 1.807) is 0 Å². The van der Waals surface area contributed by atoms with Crippen LogP contribution in [-0.2, 0) is 16.0 Å². The van der Waals surface area contributed by atoms with Crippen LogP contribution in [0.25, 0.3) is 22.6 Å². The zero-order valence-electron chi connectivity index (χ0n) is 16.6. The van der Waals surface area contributed by atoms with Crippen LogP contribution in [-0.4, -0.2) is 30.5 Å². The first-order valence-electron chi connectivity index (χ1n) is 9.83. The number of ether oxygens (including phenoxy) is 1. The molecule has 1 aliphatic rings. The van der Waals surface area contributed by atoms with Gasteiger partial charge in [-0.3, -0.25) is 4.79 Å². The van der Waals surface area contributed by atoms with Crippen LogP contribution >= 0.6 is 11.6 Å². The predicted molar refractivity (Wildman–Crippen MR) is 118 cm³/mol. The summed E-state index contributed by atoms with van der Waals surface area (Å²) in [5.74, 6) is -0.859. The van der Waals surface area contributed by atoms with Crippen molar-refractivity contribution < 1.29 is 14.3 Å². The van der Waals surface area contributed by atoms with E-state index < -0.39 is 5.97 Å². The minimum atomic E-state index is -0.507. The molecule has 4 rings (SSSR count). The number of likely N-dealkylation sites (N-methyl/N-ethyl adjacent to an activating group) is 1. The van der Waals surface area contributed by atoms with Gasteiger partial charge in [-0.15, -0.1) is 0 Å². The molecule has 1 amide bonds. The van der Waals surface area contributed by atoms with Crippen molar-refractivity contribution in [2.24, 2.45) is 0 Å². The van der Waals surface area contributed by atoms with Gasteiger partial charge >= 0.3 is 5.97 Å². The highest BCUT2D eigenvalue weighted by Gasteiger charge is 2.26. The number of allylic oxidation sites excluding steroid dienone is 1. The maximum absolute atomic E-state index is 13.0. The number of benzene rings is 2. The number of esters is 1. The van der Waals surface area contributed by atoms with Gasteiger partial charge in [-0.2, -0.15) is 0 Å². The molecule has 3 aromatic rings. The van der Waals surface area contributed by atoms with Crippen molar-refractivity contribution in [3.05, 3.63) is 75.9 Å². The summed E-state index contributed by atoms with van der Waals surface area (Å²) in [6.45, 7) is -0.316. The molecule has 0 atom stereocenters. The second-order valence-corrected chi connectivity index (χ2v) is 7.53. The minimum absolute atomic E-state index is 0.316. The zero-order valence-corrected chi connectivity index (χ0v) is 17.3. The molecular weight excluding hydrogens is 400 g/mol. The number of fused-ring (bicyclic) bond motifs is 2. The Labute approximate surface area is 179 Å². The first-order chi connectivity index (χ1) is 14.6. The smallest absolute Gasteiger partial charge is 0.339 e. The molecule has 0 fully saturated rings. The fourth-order valence-electron chi connectivity index (χ4n) is 3.76. The highest BCUT2D eigenvalue weighted by molar-refractivity contribution is 6.32. The number of aromatic nitrogens is 1. The number of nitrogens with zero attached hydrogens (tertiary/aromatic N) is 1. The predicted octanol–water partition coefficient (Wildman–Crippen LogP) is 4.67. The highest BCUT2D eigenvalue weighted by atomic mass is 35.5. The average molecular weight is 421 g/mol. The first-order valence-corrected chi connectivity index (χ1v) is 10.2. The van der Waals surface area contributed by atoms with Gasteiger partial charge in [0.05, 0.1) is 16.8 Å².